The molecule has 1 heterocycles. The first-order valence-corrected chi connectivity index (χ1v) is 7.19. The molecule has 0 radical (unpaired) electrons. The Morgan fingerprint density at radius 3 is 2.40 bits per heavy atom. The summed E-state index contributed by atoms with van der Waals surface area (Å²) in [6.45, 7) is 8.61. The average molecular weight is 226 g/mol. The second kappa shape index (κ2) is 10.2. The van der Waals surface area contributed by atoms with Crippen molar-refractivity contribution >= 4 is 11.3 Å². The van der Waals surface area contributed by atoms with Crippen LogP contribution in [0.5, 0.6) is 0 Å². The Morgan fingerprint density at radius 2 is 1.87 bits per heavy atom. The zero-order valence-corrected chi connectivity index (χ0v) is 11.6. The van der Waals surface area contributed by atoms with Crippen LogP contribution >= 0.6 is 11.3 Å². The van der Waals surface area contributed by atoms with E-state index in [9.17, 15) is 0 Å². The molecule has 0 aromatic carbocycles. The van der Waals surface area contributed by atoms with Crippen LogP contribution in [0.3, 0.4) is 0 Å². The van der Waals surface area contributed by atoms with Crippen molar-refractivity contribution in [2.24, 2.45) is 5.92 Å². The monoisotopic (exact) mass is 226 g/mol. The zero-order chi connectivity index (χ0) is 11.5. The molecule has 0 amide bonds. The van der Waals surface area contributed by atoms with E-state index in [1.54, 1.807) is 4.88 Å². The molecule has 0 aliphatic heterocycles. The Hall–Kier alpha value is -0.300. The number of thiophene rings is 1. The Kier molecular flexibility index (Phi) is 10.0. The molecule has 1 aromatic rings. The molecule has 0 saturated heterocycles. The maximum absolute atomic E-state index is 2.30. The smallest absolute Gasteiger partial charge is 0.00452 e. The molecule has 0 aliphatic carbocycles. The van der Waals surface area contributed by atoms with Gasteiger partial charge in [-0.1, -0.05) is 53.0 Å². The zero-order valence-electron chi connectivity index (χ0n) is 10.8. The molecule has 0 bridgehead atoms. The van der Waals surface area contributed by atoms with Gasteiger partial charge in [0.25, 0.3) is 0 Å². The largest absolute Gasteiger partial charge is 0.149 e. The molecule has 0 unspecified atom stereocenters. The van der Waals surface area contributed by atoms with E-state index in [1.165, 1.54) is 32.1 Å². The lowest BCUT2D eigenvalue weighted by Gasteiger charge is -2.03. The van der Waals surface area contributed by atoms with Crippen molar-refractivity contribution in [2.75, 3.05) is 0 Å². The summed E-state index contributed by atoms with van der Waals surface area (Å²) in [7, 11) is 0. The molecule has 0 spiro atoms. The van der Waals surface area contributed by atoms with E-state index in [-0.39, 0.29) is 0 Å². The van der Waals surface area contributed by atoms with Crippen molar-refractivity contribution in [3.8, 4) is 0 Å². The van der Waals surface area contributed by atoms with Gasteiger partial charge in [-0.05, 0) is 30.2 Å². The van der Waals surface area contributed by atoms with Gasteiger partial charge in [-0.15, -0.1) is 11.3 Å². The van der Waals surface area contributed by atoms with Gasteiger partial charge in [-0.3, -0.25) is 0 Å². The fourth-order valence-corrected chi connectivity index (χ4v) is 2.23. The van der Waals surface area contributed by atoms with Gasteiger partial charge < -0.3 is 0 Å². The maximum atomic E-state index is 2.30. The van der Waals surface area contributed by atoms with E-state index in [0.29, 0.717) is 0 Å². The normalized spacial score (nSPS) is 9.93. The Morgan fingerprint density at radius 1 is 1.13 bits per heavy atom. The molecule has 0 nitrogen and oxygen atoms in total. The van der Waals surface area contributed by atoms with Gasteiger partial charge in [0.2, 0.25) is 0 Å². The second-order valence-corrected chi connectivity index (χ2v) is 5.10. The molecular weight excluding hydrogens is 200 g/mol. The van der Waals surface area contributed by atoms with Crippen LogP contribution in [0.1, 0.15) is 58.3 Å². The third-order valence-corrected chi connectivity index (χ3v) is 3.22. The minimum atomic E-state index is 0.877. The van der Waals surface area contributed by atoms with Gasteiger partial charge in [-0.2, -0.15) is 0 Å². The highest BCUT2D eigenvalue weighted by Crippen LogP contribution is 2.14. The van der Waals surface area contributed by atoms with E-state index in [4.69, 9.17) is 0 Å². The summed E-state index contributed by atoms with van der Waals surface area (Å²) in [4.78, 5) is 1.55. The highest BCUT2D eigenvalue weighted by Gasteiger charge is 1.96. The lowest BCUT2D eigenvalue weighted by molar-refractivity contribution is 0.528. The fraction of sp³-hybridized carbons (Fsp3) is 0.714. The maximum Gasteiger partial charge on any atom is 0.00452 e. The minimum absolute atomic E-state index is 0.877. The quantitative estimate of drug-likeness (QED) is 0.559. The second-order valence-electron chi connectivity index (χ2n) is 4.07. The molecule has 0 fully saturated rings. The Balaban J connectivity index is 0.000000921. The predicted molar refractivity (Wildman–Crippen MR) is 72.7 cm³/mol. The van der Waals surface area contributed by atoms with Crippen LogP contribution in [0.2, 0.25) is 0 Å². The topological polar surface area (TPSA) is 0 Å². The molecule has 15 heavy (non-hydrogen) atoms. The lowest BCUT2D eigenvalue weighted by atomic mass is 10.0. The van der Waals surface area contributed by atoms with Gasteiger partial charge in [0, 0.05) is 4.88 Å². The SMILES string of the molecule is CC.CC(C)CCCCCc1cccs1. The van der Waals surface area contributed by atoms with Gasteiger partial charge in [0.05, 0.1) is 0 Å². The summed E-state index contributed by atoms with van der Waals surface area (Å²) < 4.78 is 0. The van der Waals surface area contributed by atoms with Gasteiger partial charge in [0.1, 0.15) is 0 Å². The molecular formula is C14H26S. The van der Waals surface area contributed by atoms with Crippen LogP contribution in [0.25, 0.3) is 0 Å². The first-order valence-electron chi connectivity index (χ1n) is 6.31. The number of hydrogen-bond acceptors (Lipinski definition) is 1. The molecule has 0 atom stereocenters. The summed E-state index contributed by atoms with van der Waals surface area (Å²) in [5.74, 6) is 0.877. The molecule has 0 saturated carbocycles. The Labute approximate surface area is 99.7 Å². The summed E-state index contributed by atoms with van der Waals surface area (Å²) in [5, 5.41) is 2.17. The summed E-state index contributed by atoms with van der Waals surface area (Å²) in [6.07, 6.45) is 6.85. The molecule has 1 heteroatoms. The number of hydrogen-bond donors (Lipinski definition) is 0. The number of unbranched alkanes of at least 4 members (excludes halogenated alkanes) is 2. The summed E-state index contributed by atoms with van der Waals surface area (Å²) in [5.41, 5.74) is 0. The van der Waals surface area contributed by atoms with Crippen molar-refractivity contribution in [1.29, 1.82) is 0 Å². The summed E-state index contributed by atoms with van der Waals surface area (Å²) >= 11 is 1.89. The standard InChI is InChI=1S/C12H20S.C2H6/c1-11(2)7-4-3-5-8-12-9-6-10-13-12;1-2/h6,9-11H,3-5,7-8H2,1-2H3;1-2H3. The fourth-order valence-electron chi connectivity index (χ4n) is 1.48. The van der Waals surface area contributed by atoms with Crippen LogP contribution in [0.15, 0.2) is 17.5 Å². The first kappa shape index (κ1) is 14.7. The Bertz CT molecular complexity index is 199. The van der Waals surface area contributed by atoms with Crippen molar-refractivity contribution < 1.29 is 0 Å². The molecule has 0 aliphatic rings. The van der Waals surface area contributed by atoms with Crippen LogP contribution in [0.4, 0.5) is 0 Å². The lowest BCUT2D eigenvalue weighted by Crippen LogP contribution is -1.88. The minimum Gasteiger partial charge on any atom is -0.149 e. The third-order valence-electron chi connectivity index (χ3n) is 2.28. The highest BCUT2D eigenvalue weighted by molar-refractivity contribution is 7.09. The molecule has 1 aromatic heterocycles. The highest BCUT2D eigenvalue weighted by atomic mass is 32.1. The third kappa shape index (κ3) is 8.68. The van der Waals surface area contributed by atoms with Crippen LogP contribution in [-0.4, -0.2) is 0 Å². The first-order chi connectivity index (χ1) is 7.29. The summed E-state index contributed by atoms with van der Waals surface area (Å²) in [6, 6.07) is 4.39. The van der Waals surface area contributed by atoms with Crippen LogP contribution in [-0.2, 0) is 6.42 Å². The van der Waals surface area contributed by atoms with E-state index in [1.807, 2.05) is 25.2 Å². The van der Waals surface area contributed by atoms with Gasteiger partial charge >= 0.3 is 0 Å². The van der Waals surface area contributed by atoms with Crippen molar-refractivity contribution in [2.45, 2.75) is 59.8 Å². The number of rotatable bonds is 6. The van der Waals surface area contributed by atoms with Crippen molar-refractivity contribution in [3.63, 3.8) is 0 Å². The predicted octanol–water partition coefficient (Wildman–Crippen LogP) is 5.53. The van der Waals surface area contributed by atoms with Gasteiger partial charge in [0.15, 0.2) is 0 Å². The van der Waals surface area contributed by atoms with Crippen LogP contribution < -0.4 is 0 Å². The van der Waals surface area contributed by atoms with E-state index in [2.05, 4.69) is 31.4 Å². The number of aryl methyl sites for hydroxylation is 1. The van der Waals surface area contributed by atoms with E-state index >= 15 is 0 Å². The van der Waals surface area contributed by atoms with Crippen molar-refractivity contribution in [1.82, 2.24) is 0 Å². The van der Waals surface area contributed by atoms with E-state index in [0.717, 1.165) is 5.92 Å². The van der Waals surface area contributed by atoms with E-state index < -0.39 is 0 Å². The molecule has 0 N–H and O–H groups in total. The van der Waals surface area contributed by atoms with Crippen LogP contribution in [0, 0.1) is 5.92 Å². The van der Waals surface area contributed by atoms with Crippen molar-refractivity contribution in [3.05, 3.63) is 22.4 Å². The molecule has 88 valence electrons. The van der Waals surface area contributed by atoms with Gasteiger partial charge in [-0.25, -0.2) is 0 Å². The average Bonchev–Trinajstić information content (AvgIpc) is 2.73. The molecule has 1 rings (SSSR count).